The first kappa shape index (κ1) is 14.3. The molecule has 1 aromatic heterocycles. The van der Waals surface area contributed by atoms with E-state index in [2.05, 4.69) is 17.4 Å². The molecule has 0 radical (unpaired) electrons. The maximum atomic E-state index is 12.2. The lowest BCUT2D eigenvalue weighted by atomic mass is 10.1. The fourth-order valence-electron chi connectivity index (χ4n) is 2.59. The van der Waals surface area contributed by atoms with Gasteiger partial charge in [-0.15, -0.1) is 0 Å². The molecule has 0 spiro atoms. The lowest BCUT2D eigenvalue weighted by molar-refractivity contribution is -0.682. The third-order valence-corrected chi connectivity index (χ3v) is 3.73. The van der Waals surface area contributed by atoms with Gasteiger partial charge in [0, 0.05) is 17.1 Å². The summed E-state index contributed by atoms with van der Waals surface area (Å²) in [5.74, 6) is -0.0211. The Morgan fingerprint density at radius 1 is 1.05 bits per heavy atom. The number of hydrogen-bond acceptors (Lipinski definition) is 1. The Hall–Kier alpha value is -2.68. The van der Waals surface area contributed by atoms with Crippen molar-refractivity contribution < 1.29 is 9.36 Å². The van der Waals surface area contributed by atoms with Gasteiger partial charge >= 0.3 is 0 Å². The molecule has 0 unspecified atom stereocenters. The number of rotatable bonds is 3. The summed E-state index contributed by atoms with van der Waals surface area (Å²) in [5, 5.41) is 5.28. The molecule has 3 heteroatoms. The topological polar surface area (TPSA) is 33.0 Å². The highest BCUT2D eigenvalue weighted by Crippen LogP contribution is 2.15. The molecule has 0 fully saturated rings. The molecule has 2 aromatic carbocycles. The Kier molecular flexibility index (Phi) is 3.88. The first-order valence-corrected chi connectivity index (χ1v) is 7.37. The van der Waals surface area contributed by atoms with Crippen LogP contribution in [0.4, 0.5) is 5.69 Å². The highest BCUT2D eigenvalue weighted by atomic mass is 16.1. The molecule has 1 heterocycles. The van der Waals surface area contributed by atoms with Crippen molar-refractivity contribution in [3.8, 4) is 0 Å². The molecule has 0 aliphatic rings. The van der Waals surface area contributed by atoms with Crippen molar-refractivity contribution >= 4 is 22.4 Å². The molecule has 1 N–H and O–H groups in total. The summed E-state index contributed by atoms with van der Waals surface area (Å²) >= 11 is 0. The van der Waals surface area contributed by atoms with E-state index in [4.69, 9.17) is 0 Å². The van der Waals surface area contributed by atoms with Gasteiger partial charge in [-0.3, -0.25) is 4.79 Å². The number of amides is 1. The SMILES string of the molecule is Cc1ccc(NC(=O)C[n+]2ccc3ccccc3c2)c(C)c1. The summed E-state index contributed by atoms with van der Waals surface area (Å²) in [6, 6.07) is 16.2. The van der Waals surface area contributed by atoms with E-state index >= 15 is 0 Å². The average molecular weight is 291 g/mol. The Labute approximate surface area is 130 Å². The monoisotopic (exact) mass is 291 g/mol. The molecular weight excluding hydrogens is 272 g/mol. The van der Waals surface area contributed by atoms with Crippen LogP contribution in [0, 0.1) is 13.8 Å². The van der Waals surface area contributed by atoms with Gasteiger partial charge in [0.25, 0.3) is 5.91 Å². The molecule has 22 heavy (non-hydrogen) atoms. The van der Waals surface area contributed by atoms with Gasteiger partial charge in [-0.25, -0.2) is 0 Å². The minimum atomic E-state index is -0.0211. The molecule has 0 bridgehead atoms. The molecule has 0 atom stereocenters. The van der Waals surface area contributed by atoms with Gasteiger partial charge in [0.1, 0.15) is 0 Å². The van der Waals surface area contributed by atoms with Gasteiger partial charge in [0.2, 0.25) is 6.54 Å². The highest BCUT2D eigenvalue weighted by molar-refractivity contribution is 5.90. The number of nitrogens with one attached hydrogen (secondary N) is 1. The number of carbonyl (C=O) groups excluding carboxylic acids is 1. The van der Waals surface area contributed by atoms with Crippen molar-refractivity contribution in [3.05, 3.63) is 72.1 Å². The minimum absolute atomic E-state index is 0.0211. The molecule has 3 rings (SSSR count). The number of nitrogens with zero attached hydrogens (tertiary/aromatic N) is 1. The number of hydrogen-bond donors (Lipinski definition) is 1. The van der Waals surface area contributed by atoms with Crippen molar-refractivity contribution in [2.75, 3.05) is 5.32 Å². The predicted octanol–water partition coefficient (Wildman–Crippen LogP) is 3.38. The summed E-state index contributed by atoms with van der Waals surface area (Å²) in [7, 11) is 0. The normalized spacial score (nSPS) is 10.6. The zero-order valence-corrected chi connectivity index (χ0v) is 12.8. The van der Waals surface area contributed by atoms with Crippen LogP contribution in [-0.2, 0) is 11.3 Å². The first-order valence-electron chi connectivity index (χ1n) is 7.37. The van der Waals surface area contributed by atoms with Crippen LogP contribution >= 0.6 is 0 Å². The van der Waals surface area contributed by atoms with Crippen LogP contribution in [0.3, 0.4) is 0 Å². The quantitative estimate of drug-likeness (QED) is 0.737. The van der Waals surface area contributed by atoms with E-state index in [0.717, 1.165) is 16.6 Å². The second-order valence-corrected chi connectivity index (χ2v) is 5.61. The van der Waals surface area contributed by atoms with Crippen molar-refractivity contribution in [2.45, 2.75) is 20.4 Å². The predicted molar refractivity (Wildman–Crippen MR) is 88.7 cm³/mol. The van der Waals surface area contributed by atoms with E-state index in [-0.39, 0.29) is 5.91 Å². The van der Waals surface area contributed by atoms with Gasteiger partial charge in [0.15, 0.2) is 12.4 Å². The molecule has 1 amide bonds. The third-order valence-electron chi connectivity index (χ3n) is 3.73. The van der Waals surface area contributed by atoms with Crippen LogP contribution in [-0.4, -0.2) is 5.91 Å². The molecule has 0 aliphatic carbocycles. The number of fused-ring (bicyclic) bond motifs is 1. The molecule has 0 aliphatic heterocycles. The number of anilines is 1. The largest absolute Gasteiger partial charge is 0.320 e. The molecule has 3 nitrogen and oxygen atoms in total. The van der Waals surface area contributed by atoms with E-state index in [1.807, 2.05) is 67.2 Å². The van der Waals surface area contributed by atoms with Gasteiger partial charge < -0.3 is 5.32 Å². The zero-order valence-electron chi connectivity index (χ0n) is 12.8. The van der Waals surface area contributed by atoms with Crippen LogP contribution in [0.2, 0.25) is 0 Å². The van der Waals surface area contributed by atoms with Gasteiger partial charge in [-0.2, -0.15) is 4.57 Å². The van der Waals surface area contributed by atoms with Crippen LogP contribution in [0.5, 0.6) is 0 Å². The number of aryl methyl sites for hydroxylation is 2. The summed E-state index contributed by atoms with van der Waals surface area (Å²) in [4.78, 5) is 12.2. The Bertz CT molecular complexity index is 840. The second-order valence-electron chi connectivity index (χ2n) is 5.61. The van der Waals surface area contributed by atoms with E-state index in [1.54, 1.807) is 0 Å². The van der Waals surface area contributed by atoms with Crippen LogP contribution in [0.25, 0.3) is 10.8 Å². The van der Waals surface area contributed by atoms with Gasteiger partial charge in [-0.1, -0.05) is 35.9 Å². The maximum absolute atomic E-state index is 12.2. The van der Waals surface area contributed by atoms with E-state index in [1.165, 1.54) is 10.9 Å². The Morgan fingerprint density at radius 3 is 2.59 bits per heavy atom. The van der Waals surface area contributed by atoms with Crippen molar-refractivity contribution in [2.24, 2.45) is 0 Å². The molecule has 0 saturated carbocycles. The lowest BCUT2D eigenvalue weighted by Gasteiger charge is -2.07. The number of pyridine rings is 1. The summed E-state index contributed by atoms with van der Waals surface area (Å²) in [6.45, 7) is 4.35. The fourth-order valence-corrected chi connectivity index (χ4v) is 2.59. The van der Waals surface area contributed by atoms with E-state index in [9.17, 15) is 4.79 Å². The fraction of sp³-hybridized carbons (Fsp3) is 0.158. The van der Waals surface area contributed by atoms with E-state index in [0.29, 0.717) is 6.54 Å². The first-order chi connectivity index (χ1) is 10.6. The Morgan fingerprint density at radius 2 is 1.82 bits per heavy atom. The molecule has 3 aromatic rings. The standard InChI is InChI=1S/C19H18N2O/c1-14-7-8-18(15(2)11-14)20-19(22)13-21-10-9-16-5-3-4-6-17(16)12-21/h3-12H,13H2,1-2H3/p+1. The van der Waals surface area contributed by atoms with Gasteiger partial charge in [0.05, 0.1) is 0 Å². The zero-order chi connectivity index (χ0) is 15.5. The third kappa shape index (κ3) is 3.14. The lowest BCUT2D eigenvalue weighted by Crippen LogP contribution is -2.39. The minimum Gasteiger partial charge on any atom is -0.320 e. The highest BCUT2D eigenvalue weighted by Gasteiger charge is 2.11. The van der Waals surface area contributed by atoms with E-state index < -0.39 is 0 Å². The summed E-state index contributed by atoms with van der Waals surface area (Å²) in [5.41, 5.74) is 3.15. The maximum Gasteiger partial charge on any atom is 0.290 e. The van der Waals surface area contributed by atoms with Crippen LogP contribution < -0.4 is 9.88 Å². The summed E-state index contributed by atoms with van der Waals surface area (Å²) < 4.78 is 1.90. The number of carbonyl (C=O) groups is 1. The number of aromatic nitrogens is 1. The summed E-state index contributed by atoms with van der Waals surface area (Å²) in [6.07, 6.45) is 3.93. The van der Waals surface area contributed by atoms with Crippen molar-refractivity contribution in [1.82, 2.24) is 0 Å². The average Bonchev–Trinajstić information content (AvgIpc) is 2.50. The molecule has 110 valence electrons. The van der Waals surface area contributed by atoms with Crippen molar-refractivity contribution in [3.63, 3.8) is 0 Å². The second kappa shape index (κ2) is 5.98. The molecular formula is C19H19N2O+. The van der Waals surface area contributed by atoms with Crippen LogP contribution in [0.1, 0.15) is 11.1 Å². The number of benzene rings is 2. The molecule has 0 saturated heterocycles. The van der Waals surface area contributed by atoms with Crippen LogP contribution in [0.15, 0.2) is 60.9 Å². The Balaban J connectivity index is 1.75. The smallest absolute Gasteiger partial charge is 0.290 e. The van der Waals surface area contributed by atoms with Crippen molar-refractivity contribution in [1.29, 1.82) is 0 Å². The van der Waals surface area contributed by atoms with Gasteiger partial charge in [-0.05, 0) is 36.9 Å².